The third kappa shape index (κ3) is 4.27. The van der Waals surface area contributed by atoms with Crippen LogP contribution in [0.4, 0.5) is 0 Å². The van der Waals surface area contributed by atoms with Crippen LogP contribution in [0.15, 0.2) is 156 Å². The summed E-state index contributed by atoms with van der Waals surface area (Å²) >= 11 is 0. The van der Waals surface area contributed by atoms with E-state index in [-0.39, 0.29) is 0 Å². The molecule has 0 saturated heterocycles. The van der Waals surface area contributed by atoms with Crippen molar-refractivity contribution in [2.24, 2.45) is 0 Å². The summed E-state index contributed by atoms with van der Waals surface area (Å²) in [5.41, 5.74) is 6.83. The van der Waals surface area contributed by atoms with E-state index in [0.29, 0.717) is 17.5 Å². The monoisotopic (exact) mass is 575 g/mol. The van der Waals surface area contributed by atoms with Crippen molar-refractivity contribution in [3.8, 4) is 45.3 Å². The zero-order chi connectivity index (χ0) is 29.7. The van der Waals surface area contributed by atoms with Crippen LogP contribution in [0.3, 0.4) is 0 Å². The van der Waals surface area contributed by atoms with Crippen LogP contribution in [0.1, 0.15) is 0 Å². The first-order chi connectivity index (χ1) is 22.3. The maximum Gasteiger partial charge on any atom is 0.164 e. The molecule has 0 radical (unpaired) electrons. The van der Waals surface area contributed by atoms with Gasteiger partial charge in [0, 0.05) is 32.8 Å². The highest BCUT2D eigenvalue weighted by Gasteiger charge is 2.18. The fourth-order valence-corrected chi connectivity index (χ4v) is 6.36. The fourth-order valence-electron chi connectivity index (χ4n) is 6.36. The summed E-state index contributed by atoms with van der Waals surface area (Å²) in [4.78, 5) is 15.0. The van der Waals surface area contributed by atoms with Gasteiger partial charge in [-0.05, 0) is 45.5 Å². The van der Waals surface area contributed by atoms with Crippen LogP contribution in [-0.2, 0) is 0 Å². The van der Waals surface area contributed by atoms with E-state index in [9.17, 15) is 0 Å². The van der Waals surface area contributed by atoms with Crippen LogP contribution >= 0.6 is 0 Å². The van der Waals surface area contributed by atoms with Crippen molar-refractivity contribution >= 4 is 43.5 Å². The van der Waals surface area contributed by atoms with Crippen LogP contribution in [0.25, 0.3) is 88.8 Å². The first-order valence-electron chi connectivity index (χ1n) is 15.0. The summed E-state index contributed by atoms with van der Waals surface area (Å²) in [6.45, 7) is 0. The van der Waals surface area contributed by atoms with Crippen molar-refractivity contribution in [1.82, 2.24) is 15.0 Å². The minimum atomic E-state index is 0.601. The molecule has 0 aliphatic rings. The average Bonchev–Trinajstić information content (AvgIpc) is 3.50. The lowest BCUT2D eigenvalue weighted by atomic mass is 9.95. The topological polar surface area (TPSA) is 51.8 Å². The van der Waals surface area contributed by atoms with Crippen molar-refractivity contribution in [3.63, 3.8) is 0 Å². The lowest BCUT2D eigenvalue weighted by molar-refractivity contribution is 0.673. The zero-order valence-corrected chi connectivity index (χ0v) is 24.2. The predicted octanol–water partition coefficient (Wildman–Crippen LogP) is 10.7. The van der Waals surface area contributed by atoms with Gasteiger partial charge in [-0.1, -0.05) is 133 Å². The van der Waals surface area contributed by atoms with E-state index in [0.717, 1.165) is 54.8 Å². The highest BCUT2D eigenvalue weighted by molar-refractivity contribution is 6.19. The Balaban J connectivity index is 1.26. The Labute approximate surface area is 259 Å². The quantitative estimate of drug-likeness (QED) is 0.209. The molecule has 7 aromatic carbocycles. The summed E-state index contributed by atoms with van der Waals surface area (Å²) in [6, 6.07) is 52.2. The lowest BCUT2D eigenvalue weighted by Gasteiger charge is -2.10. The van der Waals surface area contributed by atoms with E-state index in [1.54, 1.807) is 0 Å². The van der Waals surface area contributed by atoms with E-state index in [4.69, 9.17) is 19.4 Å². The largest absolute Gasteiger partial charge is 0.455 e. The van der Waals surface area contributed by atoms with Gasteiger partial charge < -0.3 is 4.42 Å². The van der Waals surface area contributed by atoms with Gasteiger partial charge >= 0.3 is 0 Å². The van der Waals surface area contributed by atoms with Gasteiger partial charge in [0.15, 0.2) is 17.5 Å². The van der Waals surface area contributed by atoms with Crippen molar-refractivity contribution < 1.29 is 4.42 Å². The van der Waals surface area contributed by atoms with E-state index in [2.05, 4.69) is 121 Å². The molecular weight excluding hydrogens is 550 g/mol. The number of aromatic nitrogens is 3. The summed E-state index contributed by atoms with van der Waals surface area (Å²) < 4.78 is 6.63. The highest BCUT2D eigenvalue weighted by Crippen LogP contribution is 2.40. The first kappa shape index (κ1) is 25.4. The Morgan fingerprint density at radius 2 is 0.978 bits per heavy atom. The van der Waals surface area contributed by atoms with Crippen LogP contribution in [0.2, 0.25) is 0 Å². The van der Waals surface area contributed by atoms with Crippen LogP contribution < -0.4 is 0 Å². The molecule has 0 aliphatic heterocycles. The van der Waals surface area contributed by atoms with E-state index in [1.165, 1.54) is 16.5 Å². The van der Waals surface area contributed by atoms with Crippen molar-refractivity contribution in [1.29, 1.82) is 0 Å². The molecular formula is C41H25N3O. The molecule has 2 aromatic heterocycles. The summed E-state index contributed by atoms with van der Waals surface area (Å²) in [6.07, 6.45) is 0. The maximum atomic E-state index is 6.63. The number of nitrogens with zero attached hydrogens (tertiary/aromatic N) is 3. The summed E-state index contributed by atoms with van der Waals surface area (Å²) in [5, 5.41) is 6.65. The van der Waals surface area contributed by atoms with Gasteiger partial charge in [-0.25, -0.2) is 15.0 Å². The molecule has 0 unspecified atom stereocenters. The summed E-state index contributed by atoms with van der Waals surface area (Å²) in [7, 11) is 0. The molecule has 4 nitrogen and oxygen atoms in total. The van der Waals surface area contributed by atoms with Crippen molar-refractivity contribution in [2.75, 3.05) is 0 Å². The Morgan fingerprint density at radius 1 is 0.356 bits per heavy atom. The summed E-state index contributed by atoms with van der Waals surface area (Å²) in [5.74, 6) is 1.87. The number of furan rings is 1. The Bertz CT molecular complexity index is 2530. The fraction of sp³-hybridized carbons (Fsp3) is 0. The van der Waals surface area contributed by atoms with Crippen LogP contribution in [0, 0.1) is 0 Å². The maximum absolute atomic E-state index is 6.63. The van der Waals surface area contributed by atoms with Gasteiger partial charge in [0.1, 0.15) is 11.2 Å². The normalized spacial score (nSPS) is 11.6. The molecule has 0 saturated carbocycles. The molecule has 0 fully saturated rings. The molecule has 4 heteroatoms. The van der Waals surface area contributed by atoms with Crippen LogP contribution in [0.5, 0.6) is 0 Å². The molecule has 9 aromatic rings. The predicted molar refractivity (Wildman–Crippen MR) is 184 cm³/mol. The molecule has 0 bridgehead atoms. The van der Waals surface area contributed by atoms with Gasteiger partial charge in [-0.2, -0.15) is 0 Å². The van der Waals surface area contributed by atoms with Gasteiger partial charge in [0.2, 0.25) is 0 Å². The van der Waals surface area contributed by atoms with E-state index >= 15 is 0 Å². The molecule has 0 amide bonds. The second-order valence-electron chi connectivity index (χ2n) is 11.2. The van der Waals surface area contributed by atoms with E-state index < -0.39 is 0 Å². The molecule has 0 atom stereocenters. The third-order valence-electron chi connectivity index (χ3n) is 8.52. The molecule has 0 aliphatic carbocycles. The van der Waals surface area contributed by atoms with Gasteiger partial charge in [0.05, 0.1) is 0 Å². The molecule has 210 valence electrons. The van der Waals surface area contributed by atoms with E-state index in [1.807, 2.05) is 30.3 Å². The zero-order valence-electron chi connectivity index (χ0n) is 24.2. The lowest BCUT2D eigenvalue weighted by Crippen LogP contribution is -2.00. The van der Waals surface area contributed by atoms with Crippen LogP contribution in [-0.4, -0.2) is 15.0 Å². The third-order valence-corrected chi connectivity index (χ3v) is 8.52. The number of hydrogen-bond acceptors (Lipinski definition) is 4. The molecule has 2 heterocycles. The van der Waals surface area contributed by atoms with Crippen molar-refractivity contribution in [3.05, 3.63) is 152 Å². The average molecular weight is 576 g/mol. The minimum absolute atomic E-state index is 0.601. The molecule has 0 spiro atoms. The second-order valence-corrected chi connectivity index (χ2v) is 11.2. The number of fused-ring (bicyclic) bond motifs is 6. The van der Waals surface area contributed by atoms with Gasteiger partial charge in [0.25, 0.3) is 0 Å². The standard InChI is InChI=1S/C41H25N3O/c1-3-12-27(13-4-1)35-25-36-32-23-22-29(24-37(32)45-38(36)33-20-10-9-19-31(33)35)40-42-39(28-15-5-2-6-16-28)43-41(44-40)34-21-11-17-26-14-7-8-18-30(26)34/h1-25H. The Kier molecular flexibility index (Phi) is 5.78. The number of hydrogen-bond donors (Lipinski definition) is 0. The Morgan fingerprint density at radius 3 is 1.78 bits per heavy atom. The highest BCUT2D eigenvalue weighted by atomic mass is 16.3. The second kappa shape index (κ2) is 10.2. The van der Waals surface area contributed by atoms with Gasteiger partial charge in [-0.15, -0.1) is 0 Å². The molecule has 0 N–H and O–H groups in total. The molecule has 9 rings (SSSR count). The van der Waals surface area contributed by atoms with Crippen molar-refractivity contribution in [2.45, 2.75) is 0 Å². The number of benzene rings is 7. The minimum Gasteiger partial charge on any atom is -0.455 e. The Hall–Kier alpha value is -6.13. The smallest absolute Gasteiger partial charge is 0.164 e. The number of rotatable bonds is 4. The van der Waals surface area contributed by atoms with Gasteiger partial charge in [-0.3, -0.25) is 0 Å². The SMILES string of the molecule is c1ccc(-c2nc(-c3ccc4c(c3)oc3c5ccccc5c(-c5ccccc5)cc43)nc(-c3cccc4ccccc34)n2)cc1. The molecule has 45 heavy (non-hydrogen) atoms. The first-order valence-corrected chi connectivity index (χ1v) is 15.0.